The van der Waals surface area contributed by atoms with E-state index in [1.54, 1.807) is 0 Å². The molecule has 2 unspecified atom stereocenters. The fourth-order valence-corrected chi connectivity index (χ4v) is 2.36. The molecule has 7 N–H and O–H groups in total. The van der Waals surface area contributed by atoms with Crippen molar-refractivity contribution in [3.05, 3.63) is 11.5 Å². The van der Waals surface area contributed by atoms with Crippen LogP contribution in [-0.2, 0) is 14.3 Å². The van der Waals surface area contributed by atoms with E-state index in [9.17, 15) is 30.0 Å². The zero-order chi connectivity index (χ0) is 19.4. The molecule has 0 spiro atoms. The van der Waals surface area contributed by atoms with Crippen molar-refractivity contribution in [3.63, 3.8) is 0 Å². The van der Waals surface area contributed by atoms with Gasteiger partial charge in [-0.3, -0.25) is 9.79 Å². The number of carbonyl (C=O) groups is 2. The molecular formula is C14H22N2O9. The van der Waals surface area contributed by atoms with Crippen molar-refractivity contribution in [3.8, 4) is 0 Å². The molecule has 0 fully saturated rings. The monoisotopic (exact) mass is 362 g/mol. The number of carboxylic acid groups (broad SMARTS) is 2. The number of aliphatic hydroxyl groups is 4. The van der Waals surface area contributed by atoms with Gasteiger partial charge in [-0.15, -0.1) is 0 Å². The van der Waals surface area contributed by atoms with Crippen molar-refractivity contribution >= 4 is 17.7 Å². The number of nitrogens with zero attached hydrogens (tertiary/aromatic N) is 1. The number of hydrogen-bond acceptors (Lipinski definition) is 9. The largest absolute Gasteiger partial charge is 0.493 e. The summed E-state index contributed by atoms with van der Waals surface area (Å²) in [6, 6.07) is -1.67. The van der Waals surface area contributed by atoms with Crippen LogP contribution in [0.25, 0.3) is 0 Å². The summed E-state index contributed by atoms with van der Waals surface area (Å²) in [5.41, 5.74) is -2.55. The number of methoxy groups -OCH3 is 1. The topological polar surface area (TPSA) is 189 Å². The fourth-order valence-electron chi connectivity index (χ4n) is 2.36. The van der Waals surface area contributed by atoms with Crippen LogP contribution in [0.1, 0.15) is 13.3 Å². The summed E-state index contributed by atoms with van der Waals surface area (Å²) in [5.74, 6) is -2.87. The van der Waals surface area contributed by atoms with Crippen molar-refractivity contribution < 1.29 is 45.0 Å². The number of nitrogens with one attached hydrogen (secondary N) is 1. The molecule has 25 heavy (non-hydrogen) atoms. The summed E-state index contributed by atoms with van der Waals surface area (Å²) in [6.07, 6.45) is -3.62. The number of aliphatic carboxylic acids is 2. The average molecular weight is 362 g/mol. The van der Waals surface area contributed by atoms with E-state index >= 15 is 0 Å². The summed E-state index contributed by atoms with van der Waals surface area (Å²) in [7, 11) is 1.18. The van der Waals surface area contributed by atoms with E-state index in [0.717, 1.165) is 0 Å². The van der Waals surface area contributed by atoms with Crippen LogP contribution in [0.5, 0.6) is 0 Å². The van der Waals surface area contributed by atoms with Gasteiger partial charge in [0.05, 0.1) is 25.5 Å². The molecule has 0 bridgehead atoms. The van der Waals surface area contributed by atoms with Gasteiger partial charge < -0.3 is 40.7 Å². The molecule has 0 aromatic rings. The van der Waals surface area contributed by atoms with Crippen LogP contribution in [0.2, 0.25) is 0 Å². The van der Waals surface area contributed by atoms with Gasteiger partial charge in [0.1, 0.15) is 24.0 Å². The minimum absolute atomic E-state index is 0.0141. The Kier molecular flexibility index (Phi) is 6.87. The van der Waals surface area contributed by atoms with E-state index in [4.69, 9.17) is 14.9 Å². The maximum Gasteiger partial charge on any atom is 0.331 e. The molecule has 142 valence electrons. The first kappa shape index (κ1) is 20.8. The first-order valence-electron chi connectivity index (χ1n) is 7.30. The van der Waals surface area contributed by atoms with Gasteiger partial charge in [-0.05, 0) is 6.92 Å². The Bertz CT molecular complexity index is 587. The van der Waals surface area contributed by atoms with Crippen LogP contribution in [0.15, 0.2) is 16.4 Å². The Morgan fingerprint density at radius 3 is 2.44 bits per heavy atom. The zero-order valence-electron chi connectivity index (χ0n) is 13.7. The maximum absolute atomic E-state index is 11.2. The van der Waals surface area contributed by atoms with Crippen LogP contribution in [0.4, 0.5) is 0 Å². The standard InChI is InChI=1S/C14H22N2O9/c1-6(18)9(13(22)23)16-10-11(25-2)7(15-4-8(19)20)3-14(24,5-17)12(10)21/h6,9,12,15,17-18,21,24H,3-5H2,1-2H3,(H,19,20)(H,22,23)/t6?,9?,12-,14+/m0/s1. The van der Waals surface area contributed by atoms with Crippen molar-refractivity contribution in [1.82, 2.24) is 5.32 Å². The van der Waals surface area contributed by atoms with Crippen molar-refractivity contribution in [2.45, 2.75) is 37.2 Å². The summed E-state index contributed by atoms with van der Waals surface area (Å²) >= 11 is 0. The van der Waals surface area contributed by atoms with Gasteiger partial charge in [-0.25, -0.2) is 4.79 Å². The third-order valence-corrected chi connectivity index (χ3v) is 3.68. The zero-order valence-corrected chi connectivity index (χ0v) is 13.7. The first-order valence-corrected chi connectivity index (χ1v) is 7.30. The Morgan fingerprint density at radius 1 is 1.44 bits per heavy atom. The highest BCUT2D eigenvalue weighted by Gasteiger charge is 2.46. The predicted molar refractivity (Wildman–Crippen MR) is 82.9 cm³/mol. The van der Waals surface area contributed by atoms with Crippen molar-refractivity contribution in [1.29, 1.82) is 0 Å². The van der Waals surface area contributed by atoms with E-state index < -0.39 is 54.7 Å². The van der Waals surface area contributed by atoms with Crippen LogP contribution in [-0.4, -0.2) is 92.4 Å². The number of rotatable bonds is 8. The van der Waals surface area contributed by atoms with Gasteiger partial charge >= 0.3 is 11.9 Å². The third kappa shape index (κ3) is 4.66. The molecule has 1 aliphatic carbocycles. The molecule has 0 radical (unpaired) electrons. The smallest absolute Gasteiger partial charge is 0.331 e. The van der Waals surface area contributed by atoms with E-state index in [0.29, 0.717) is 0 Å². The Hall–Kier alpha value is -2.21. The van der Waals surface area contributed by atoms with Crippen molar-refractivity contribution in [2.75, 3.05) is 20.3 Å². The lowest BCUT2D eigenvalue weighted by atomic mass is 9.82. The van der Waals surface area contributed by atoms with Gasteiger partial charge in [-0.2, -0.15) is 0 Å². The minimum atomic E-state index is -2.14. The fraction of sp³-hybridized carbons (Fsp3) is 0.643. The highest BCUT2D eigenvalue weighted by Crippen LogP contribution is 2.31. The highest BCUT2D eigenvalue weighted by molar-refractivity contribution is 6.05. The van der Waals surface area contributed by atoms with Gasteiger partial charge in [0, 0.05) is 6.42 Å². The number of ether oxygens (including phenoxy) is 1. The highest BCUT2D eigenvalue weighted by atomic mass is 16.5. The lowest BCUT2D eigenvalue weighted by Gasteiger charge is -2.38. The Balaban J connectivity index is 3.47. The van der Waals surface area contributed by atoms with Crippen LogP contribution >= 0.6 is 0 Å². The first-order chi connectivity index (χ1) is 11.6. The van der Waals surface area contributed by atoms with Crippen molar-refractivity contribution in [2.24, 2.45) is 4.99 Å². The van der Waals surface area contributed by atoms with Gasteiger partial charge in [0.2, 0.25) is 0 Å². The van der Waals surface area contributed by atoms with Gasteiger partial charge in [0.15, 0.2) is 11.8 Å². The Labute approximate surface area is 142 Å². The molecule has 11 heteroatoms. The van der Waals surface area contributed by atoms with E-state index in [2.05, 4.69) is 10.3 Å². The van der Waals surface area contributed by atoms with Crippen LogP contribution in [0, 0.1) is 0 Å². The summed E-state index contributed by atoms with van der Waals surface area (Å²) < 4.78 is 5.08. The minimum Gasteiger partial charge on any atom is -0.493 e. The second-order valence-corrected chi connectivity index (χ2v) is 5.64. The number of aliphatic imine (C=N–C) groups is 1. The van der Waals surface area contributed by atoms with Crippen LogP contribution < -0.4 is 5.32 Å². The molecule has 0 saturated heterocycles. The lowest BCUT2D eigenvalue weighted by molar-refractivity contribution is -0.141. The summed E-state index contributed by atoms with van der Waals surface area (Å²) in [6.45, 7) is -0.281. The second-order valence-electron chi connectivity index (χ2n) is 5.64. The van der Waals surface area contributed by atoms with E-state index in [1.807, 2.05) is 0 Å². The average Bonchev–Trinajstić information content (AvgIpc) is 2.53. The number of hydrogen-bond donors (Lipinski definition) is 7. The molecule has 11 nitrogen and oxygen atoms in total. The lowest BCUT2D eigenvalue weighted by Crippen LogP contribution is -2.56. The molecular weight excluding hydrogens is 340 g/mol. The summed E-state index contributed by atoms with van der Waals surface area (Å²) in [4.78, 5) is 25.7. The predicted octanol–water partition coefficient (Wildman–Crippen LogP) is -2.72. The molecule has 0 aliphatic heterocycles. The molecule has 1 rings (SSSR count). The maximum atomic E-state index is 11.2. The van der Waals surface area contributed by atoms with E-state index in [1.165, 1.54) is 14.0 Å². The molecule has 0 amide bonds. The summed E-state index contributed by atoms with van der Waals surface area (Å²) in [5, 5.41) is 60.1. The third-order valence-electron chi connectivity index (χ3n) is 3.68. The molecule has 4 atom stereocenters. The van der Waals surface area contributed by atoms with Gasteiger partial charge in [-0.1, -0.05) is 0 Å². The van der Waals surface area contributed by atoms with Crippen LogP contribution in [0.3, 0.4) is 0 Å². The molecule has 0 heterocycles. The second kappa shape index (κ2) is 8.25. The Morgan fingerprint density at radius 2 is 2.04 bits per heavy atom. The van der Waals surface area contributed by atoms with E-state index in [-0.39, 0.29) is 17.9 Å². The molecule has 0 aromatic carbocycles. The SMILES string of the molecule is COC1=C(NCC(=O)O)C[C@@](O)(CO)[C@@H](O)C1=NC(C(=O)O)C(C)O. The normalized spacial score (nSPS) is 27.8. The van der Waals surface area contributed by atoms with Gasteiger partial charge in [0.25, 0.3) is 0 Å². The number of carboxylic acids is 2. The quantitative estimate of drug-likeness (QED) is 0.239. The molecule has 1 aliphatic rings. The molecule has 0 aromatic heterocycles. The number of aliphatic hydroxyl groups excluding tert-OH is 3. The molecule has 0 saturated carbocycles.